The molecule has 5 heteroatoms. The number of hydrogen-bond acceptors (Lipinski definition) is 2. The number of nitrogens with one attached hydrogen (secondary N) is 1. The fraction of sp³-hybridized carbons (Fsp3) is 0.533. The first-order valence-corrected chi connectivity index (χ1v) is 6.80. The molecule has 1 fully saturated rings. The summed E-state index contributed by atoms with van der Waals surface area (Å²) in [5.41, 5.74) is 0.00152. The van der Waals surface area contributed by atoms with Crippen molar-refractivity contribution in [1.29, 1.82) is 0 Å². The average Bonchev–Trinajstić information content (AvgIpc) is 3.09. The molecule has 0 aromatic heterocycles. The van der Waals surface area contributed by atoms with E-state index in [4.69, 9.17) is 0 Å². The molecule has 0 spiro atoms. The number of benzene rings is 1. The second kappa shape index (κ2) is 5.87. The Morgan fingerprint density at radius 3 is 2.40 bits per heavy atom. The van der Waals surface area contributed by atoms with Crippen molar-refractivity contribution < 1.29 is 13.6 Å². The summed E-state index contributed by atoms with van der Waals surface area (Å²) >= 11 is 0. The summed E-state index contributed by atoms with van der Waals surface area (Å²) < 4.78 is 27.7. The molecule has 0 unspecified atom stereocenters. The van der Waals surface area contributed by atoms with Crippen molar-refractivity contribution >= 4 is 5.91 Å². The molecule has 1 aromatic rings. The number of hydrogen-bond donors (Lipinski definition) is 1. The van der Waals surface area contributed by atoms with Crippen molar-refractivity contribution in [1.82, 2.24) is 10.2 Å². The van der Waals surface area contributed by atoms with Gasteiger partial charge in [0.05, 0.1) is 6.04 Å². The van der Waals surface area contributed by atoms with E-state index < -0.39 is 17.7 Å². The fourth-order valence-electron chi connectivity index (χ4n) is 2.39. The average molecular weight is 282 g/mol. The summed E-state index contributed by atoms with van der Waals surface area (Å²) in [4.78, 5) is 13.5. The van der Waals surface area contributed by atoms with E-state index in [2.05, 4.69) is 5.32 Å². The minimum absolute atomic E-state index is 0.00152. The molecule has 0 bridgehead atoms. The van der Waals surface area contributed by atoms with E-state index in [1.54, 1.807) is 19.0 Å². The fourth-order valence-corrected chi connectivity index (χ4v) is 2.39. The molecule has 20 heavy (non-hydrogen) atoms. The van der Waals surface area contributed by atoms with Gasteiger partial charge < -0.3 is 10.2 Å². The maximum absolute atomic E-state index is 13.8. The number of carbonyl (C=O) groups is 1. The lowest BCUT2D eigenvalue weighted by atomic mass is 10.0. The molecule has 3 nitrogen and oxygen atoms in total. The largest absolute Gasteiger partial charge is 0.354 e. The molecular weight excluding hydrogens is 262 g/mol. The van der Waals surface area contributed by atoms with E-state index in [1.165, 1.54) is 18.2 Å². The summed E-state index contributed by atoms with van der Waals surface area (Å²) in [7, 11) is 3.48. The lowest BCUT2D eigenvalue weighted by Gasteiger charge is -2.25. The van der Waals surface area contributed by atoms with Gasteiger partial charge in [0.25, 0.3) is 0 Å². The van der Waals surface area contributed by atoms with Crippen LogP contribution in [0.15, 0.2) is 18.2 Å². The van der Waals surface area contributed by atoms with Gasteiger partial charge in [0.15, 0.2) is 0 Å². The van der Waals surface area contributed by atoms with Crippen LogP contribution >= 0.6 is 0 Å². The predicted octanol–water partition coefficient (Wildman–Crippen LogP) is 2.34. The van der Waals surface area contributed by atoms with Crippen LogP contribution in [-0.2, 0) is 4.79 Å². The van der Waals surface area contributed by atoms with Gasteiger partial charge in [0, 0.05) is 18.0 Å². The van der Waals surface area contributed by atoms with Gasteiger partial charge in [-0.25, -0.2) is 8.78 Å². The third kappa shape index (κ3) is 3.15. The first-order chi connectivity index (χ1) is 9.41. The van der Waals surface area contributed by atoms with Crippen LogP contribution in [0.5, 0.6) is 0 Å². The van der Waals surface area contributed by atoms with Gasteiger partial charge in [0.1, 0.15) is 11.6 Å². The zero-order valence-electron chi connectivity index (χ0n) is 12.0. The van der Waals surface area contributed by atoms with Gasteiger partial charge in [-0.1, -0.05) is 13.0 Å². The number of rotatable bonds is 5. The summed E-state index contributed by atoms with van der Waals surface area (Å²) in [5.74, 6) is -0.724. The van der Waals surface area contributed by atoms with E-state index in [0.29, 0.717) is 5.92 Å². The van der Waals surface area contributed by atoms with Crippen molar-refractivity contribution in [3.05, 3.63) is 35.4 Å². The van der Waals surface area contributed by atoms with E-state index in [1.807, 2.05) is 6.92 Å². The second-order valence-electron chi connectivity index (χ2n) is 5.68. The van der Waals surface area contributed by atoms with Crippen LogP contribution in [0.25, 0.3) is 0 Å². The molecule has 1 aromatic carbocycles. The summed E-state index contributed by atoms with van der Waals surface area (Å²) in [6, 6.07) is 3.29. The highest BCUT2D eigenvalue weighted by molar-refractivity contribution is 5.81. The third-order valence-electron chi connectivity index (χ3n) is 3.87. The Hall–Kier alpha value is -1.49. The number of amides is 1. The van der Waals surface area contributed by atoms with Gasteiger partial charge in [-0.15, -0.1) is 0 Å². The van der Waals surface area contributed by atoms with Gasteiger partial charge in [-0.3, -0.25) is 4.79 Å². The van der Waals surface area contributed by atoms with Crippen LogP contribution in [0.2, 0.25) is 0 Å². The van der Waals surface area contributed by atoms with Gasteiger partial charge in [0.2, 0.25) is 5.91 Å². The quantitative estimate of drug-likeness (QED) is 0.899. The molecule has 1 amide bonds. The predicted molar refractivity (Wildman–Crippen MR) is 73.1 cm³/mol. The van der Waals surface area contributed by atoms with Crippen molar-refractivity contribution in [3.8, 4) is 0 Å². The molecule has 1 N–H and O–H groups in total. The lowest BCUT2D eigenvalue weighted by Crippen LogP contribution is -2.36. The van der Waals surface area contributed by atoms with Crippen molar-refractivity contribution in [2.75, 3.05) is 20.6 Å². The Kier molecular flexibility index (Phi) is 4.38. The Labute approximate surface area is 118 Å². The Morgan fingerprint density at radius 2 is 1.95 bits per heavy atom. The van der Waals surface area contributed by atoms with E-state index >= 15 is 0 Å². The van der Waals surface area contributed by atoms with Crippen LogP contribution < -0.4 is 5.32 Å². The molecule has 0 aliphatic heterocycles. The number of halogens is 2. The smallest absolute Gasteiger partial charge is 0.223 e. The minimum atomic E-state index is -0.585. The first kappa shape index (κ1) is 14.9. The molecule has 0 saturated heterocycles. The zero-order valence-corrected chi connectivity index (χ0v) is 12.0. The molecule has 1 aliphatic carbocycles. The first-order valence-electron chi connectivity index (χ1n) is 6.80. The van der Waals surface area contributed by atoms with Crippen LogP contribution in [0.4, 0.5) is 8.78 Å². The SMILES string of the molecule is C[C@@H]1C[C@H]1C(=O)NC[C@H](c1c(F)cccc1F)N(C)C. The van der Waals surface area contributed by atoms with Gasteiger partial charge in [-0.05, 0) is 38.6 Å². The monoisotopic (exact) mass is 282 g/mol. The van der Waals surface area contributed by atoms with Gasteiger partial charge >= 0.3 is 0 Å². The lowest BCUT2D eigenvalue weighted by molar-refractivity contribution is -0.122. The highest BCUT2D eigenvalue weighted by Crippen LogP contribution is 2.37. The van der Waals surface area contributed by atoms with Crippen molar-refractivity contribution in [3.63, 3.8) is 0 Å². The highest BCUT2D eigenvalue weighted by Gasteiger charge is 2.39. The zero-order chi connectivity index (χ0) is 14.9. The van der Waals surface area contributed by atoms with Crippen LogP contribution in [-0.4, -0.2) is 31.4 Å². The van der Waals surface area contributed by atoms with Crippen LogP contribution in [0.3, 0.4) is 0 Å². The summed E-state index contributed by atoms with van der Waals surface area (Å²) in [6.45, 7) is 2.22. The van der Waals surface area contributed by atoms with E-state index in [-0.39, 0.29) is 23.9 Å². The molecule has 3 atom stereocenters. The Bertz CT molecular complexity index is 484. The third-order valence-corrected chi connectivity index (χ3v) is 3.87. The highest BCUT2D eigenvalue weighted by atomic mass is 19.1. The molecule has 0 radical (unpaired) electrons. The van der Waals surface area contributed by atoms with E-state index in [0.717, 1.165) is 6.42 Å². The molecule has 1 saturated carbocycles. The summed E-state index contributed by atoms with van der Waals surface area (Å²) in [5, 5.41) is 2.80. The maximum Gasteiger partial charge on any atom is 0.223 e. The molecule has 110 valence electrons. The summed E-state index contributed by atoms with van der Waals surface area (Å²) in [6.07, 6.45) is 0.895. The Balaban J connectivity index is 2.09. The standard InChI is InChI=1S/C15H20F2N2O/c1-9-7-10(9)15(20)18-8-13(19(2)3)14-11(16)5-4-6-12(14)17/h4-6,9-10,13H,7-8H2,1-3H3,(H,18,20)/t9-,10-,13-/m1/s1. The molecule has 0 heterocycles. The minimum Gasteiger partial charge on any atom is -0.354 e. The Morgan fingerprint density at radius 1 is 1.40 bits per heavy atom. The topological polar surface area (TPSA) is 32.3 Å². The van der Waals surface area contributed by atoms with Crippen LogP contribution in [0, 0.1) is 23.5 Å². The van der Waals surface area contributed by atoms with Crippen LogP contribution in [0.1, 0.15) is 24.9 Å². The van der Waals surface area contributed by atoms with Crippen molar-refractivity contribution in [2.24, 2.45) is 11.8 Å². The molecular formula is C15H20F2N2O. The molecule has 2 rings (SSSR count). The number of likely N-dealkylation sites (N-methyl/N-ethyl adjacent to an activating group) is 1. The normalized spacial score (nSPS) is 22.7. The second-order valence-corrected chi connectivity index (χ2v) is 5.68. The number of nitrogens with zero attached hydrogens (tertiary/aromatic N) is 1. The van der Waals surface area contributed by atoms with E-state index in [9.17, 15) is 13.6 Å². The van der Waals surface area contributed by atoms with Crippen molar-refractivity contribution in [2.45, 2.75) is 19.4 Å². The maximum atomic E-state index is 13.8. The number of carbonyl (C=O) groups excluding carboxylic acids is 1. The molecule has 1 aliphatic rings. The van der Waals surface area contributed by atoms with Gasteiger partial charge in [-0.2, -0.15) is 0 Å².